The third-order valence-electron chi connectivity index (χ3n) is 4.03. The first kappa shape index (κ1) is 22.1. The van der Waals surface area contributed by atoms with Crippen molar-refractivity contribution in [1.29, 1.82) is 0 Å². The molecule has 0 saturated heterocycles. The second-order valence-electron chi connectivity index (χ2n) is 6.38. The lowest BCUT2D eigenvalue weighted by Gasteiger charge is -2.11. The van der Waals surface area contributed by atoms with Crippen LogP contribution >= 0.6 is 0 Å². The highest BCUT2D eigenvalue weighted by Gasteiger charge is 2.14. The summed E-state index contributed by atoms with van der Waals surface area (Å²) in [6, 6.07) is 17.7. The van der Waals surface area contributed by atoms with E-state index in [2.05, 4.69) is 10.0 Å². The van der Waals surface area contributed by atoms with Crippen LogP contribution < -0.4 is 19.5 Å². The van der Waals surface area contributed by atoms with Crippen LogP contribution in [-0.4, -0.2) is 27.5 Å². The maximum absolute atomic E-state index is 13.1. The fourth-order valence-corrected chi connectivity index (χ4v) is 3.69. The highest BCUT2D eigenvalue weighted by molar-refractivity contribution is 7.92. The van der Waals surface area contributed by atoms with Gasteiger partial charge in [-0.15, -0.1) is 0 Å². The summed E-state index contributed by atoms with van der Waals surface area (Å²) in [5, 5.41) is 2.51. The number of ether oxygens (including phenoxy) is 2. The van der Waals surface area contributed by atoms with Crippen molar-refractivity contribution in [3.05, 3.63) is 78.6 Å². The van der Waals surface area contributed by atoms with E-state index in [4.69, 9.17) is 9.47 Å². The monoisotopic (exact) mass is 444 g/mol. The van der Waals surface area contributed by atoms with Gasteiger partial charge in [0.1, 0.15) is 17.3 Å². The lowest BCUT2D eigenvalue weighted by atomic mass is 10.3. The Balaban J connectivity index is 1.56. The minimum atomic E-state index is -3.79. The molecule has 3 aromatic carbocycles. The predicted molar refractivity (Wildman–Crippen MR) is 115 cm³/mol. The Morgan fingerprint density at radius 3 is 2.19 bits per heavy atom. The third-order valence-corrected chi connectivity index (χ3v) is 5.43. The van der Waals surface area contributed by atoms with Crippen molar-refractivity contribution < 1.29 is 27.1 Å². The third kappa shape index (κ3) is 6.45. The molecule has 9 heteroatoms. The number of hydrogen-bond acceptors (Lipinski definition) is 5. The molecule has 0 atom stereocenters. The van der Waals surface area contributed by atoms with Gasteiger partial charge < -0.3 is 14.8 Å². The van der Waals surface area contributed by atoms with E-state index in [1.165, 1.54) is 42.5 Å². The van der Waals surface area contributed by atoms with Crippen LogP contribution in [0.2, 0.25) is 0 Å². The molecule has 3 aromatic rings. The SMILES string of the molecule is CCOc1ccc(NS(=O)(=O)c2ccc(OCC(=O)Nc3cccc(F)c3)cc2)cc1. The average Bonchev–Trinajstić information content (AvgIpc) is 2.74. The summed E-state index contributed by atoms with van der Waals surface area (Å²) < 4.78 is 51.4. The molecule has 1 amide bonds. The predicted octanol–water partition coefficient (Wildman–Crippen LogP) is 4.04. The Bertz CT molecular complexity index is 1130. The highest BCUT2D eigenvalue weighted by Crippen LogP contribution is 2.21. The first-order valence-electron chi connectivity index (χ1n) is 9.40. The molecule has 0 fully saturated rings. The fourth-order valence-electron chi connectivity index (χ4n) is 2.63. The van der Waals surface area contributed by atoms with Gasteiger partial charge in [0.15, 0.2) is 6.61 Å². The molecule has 3 rings (SSSR count). The summed E-state index contributed by atoms with van der Waals surface area (Å²) in [5.41, 5.74) is 0.716. The summed E-state index contributed by atoms with van der Waals surface area (Å²) in [5.74, 6) is 0.0246. The van der Waals surface area contributed by atoms with Gasteiger partial charge in [0.25, 0.3) is 15.9 Å². The smallest absolute Gasteiger partial charge is 0.262 e. The molecule has 0 radical (unpaired) electrons. The van der Waals surface area contributed by atoms with Crippen LogP contribution in [0.3, 0.4) is 0 Å². The fraction of sp³-hybridized carbons (Fsp3) is 0.136. The lowest BCUT2D eigenvalue weighted by Crippen LogP contribution is -2.20. The van der Waals surface area contributed by atoms with Crippen molar-refractivity contribution in [3.8, 4) is 11.5 Å². The maximum Gasteiger partial charge on any atom is 0.262 e. The van der Waals surface area contributed by atoms with Crippen molar-refractivity contribution in [3.63, 3.8) is 0 Å². The van der Waals surface area contributed by atoms with Crippen LogP contribution in [0.15, 0.2) is 77.7 Å². The number of carbonyl (C=O) groups is 1. The molecule has 0 saturated carbocycles. The number of carbonyl (C=O) groups excluding carboxylic acids is 1. The standard InChI is InChI=1S/C22H21FN2O5S/c1-2-29-19-8-6-17(7-9-19)25-31(27,28)21-12-10-20(11-13-21)30-15-22(26)24-18-5-3-4-16(23)14-18/h3-14,25H,2,15H2,1H3,(H,24,26). The number of halogens is 1. The molecule has 0 unspecified atom stereocenters. The van der Waals surface area contributed by atoms with E-state index in [0.717, 1.165) is 0 Å². The van der Waals surface area contributed by atoms with Crippen LogP contribution in [0.1, 0.15) is 6.92 Å². The molecule has 162 valence electrons. The van der Waals surface area contributed by atoms with E-state index in [-0.39, 0.29) is 11.5 Å². The first-order chi connectivity index (χ1) is 14.9. The van der Waals surface area contributed by atoms with E-state index in [0.29, 0.717) is 29.5 Å². The van der Waals surface area contributed by atoms with Gasteiger partial charge in [0, 0.05) is 11.4 Å². The molecule has 0 spiro atoms. The summed E-state index contributed by atoms with van der Waals surface area (Å²) >= 11 is 0. The van der Waals surface area contributed by atoms with E-state index in [9.17, 15) is 17.6 Å². The van der Waals surface area contributed by atoms with Crippen molar-refractivity contribution >= 4 is 27.3 Å². The topological polar surface area (TPSA) is 93.7 Å². The summed E-state index contributed by atoms with van der Waals surface area (Å²) in [4.78, 5) is 12.0. The van der Waals surface area contributed by atoms with E-state index >= 15 is 0 Å². The van der Waals surface area contributed by atoms with Gasteiger partial charge >= 0.3 is 0 Å². The molecule has 0 aliphatic heterocycles. The zero-order chi connectivity index (χ0) is 22.3. The zero-order valence-electron chi connectivity index (χ0n) is 16.7. The van der Waals surface area contributed by atoms with Gasteiger partial charge in [-0.25, -0.2) is 12.8 Å². The first-order valence-corrected chi connectivity index (χ1v) is 10.9. The quantitative estimate of drug-likeness (QED) is 0.520. The molecule has 0 heterocycles. The van der Waals surface area contributed by atoms with Gasteiger partial charge in [-0.05, 0) is 73.7 Å². The molecule has 31 heavy (non-hydrogen) atoms. The Kier molecular flexibility index (Phi) is 7.09. The number of anilines is 2. The Hall–Kier alpha value is -3.59. The lowest BCUT2D eigenvalue weighted by molar-refractivity contribution is -0.118. The van der Waals surface area contributed by atoms with Crippen LogP contribution in [0.25, 0.3) is 0 Å². The Morgan fingerprint density at radius 1 is 0.903 bits per heavy atom. The number of nitrogens with one attached hydrogen (secondary N) is 2. The van der Waals surface area contributed by atoms with Gasteiger partial charge in [-0.1, -0.05) is 6.07 Å². The number of rotatable bonds is 9. The molecular weight excluding hydrogens is 423 g/mol. The van der Waals surface area contributed by atoms with E-state index in [1.54, 1.807) is 30.3 Å². The number of benzene rings is 3. The van der Waals surface area contributed by atoms with Crippen LogP contribution in [0.5, 0.6) is 11.5 Å². The zero-order valence-corrected chi connectivity index (χ0v) is 17.5. The average molecular weight is 444 g/mol. The number of amides is 1. The summed E-state index contributed by atoms with van der Waals surface area (Å²) in [6.45, 7) is 2.07. The molecule has 0 aliphatic carbocycles. The maximum atomic E-state index is 13.1. The molecule has 0 aromatic heterocycles. The molecule has 2 N–H and O–H groups in total. The molecule has 0 aliphatic rings. The van der Waals surface area contributed by atoms with Crippen molar-refractivity contribution in [2.24, 2.45) is 0 Å². The number of hydrogen-bond donors (Lipinski definition) is 2. The van der Waals surface area contributed by atoms with Gasteiger partial charge in [0.05, 0.1) is 11.5 Å². The second-order valence-corrected chi connectivity index (χ2v) is 8.06. The van der Waals surface area contributed by atoms with Gasteiger partial charge in [0.2, 0.25) is 0 Å². The Labute approximate surface area is 179 Å². The second kappa shape index (κ2) is 9.94. The summed E-state index contributed by atoms with van der Waals surface area (Å²) in [7, 11) is -3.79. The van der Waals surface area contributed by atoms with Crippen molar-refractivity contribution in [2.75, 3.05) is 23.3 Å². The minimum absolute atomic E-state index is 0.0398. The molecular formula is C22H21FN2O5S. The van der Waals surface area contributed by atoms with Crippen LogP contribution in [0.4, 0.5) is 15.8 Å². The molecule has 0 bridgehead atoms. The van der Waals surface area contributed by atoms with Crippen LogP contribution in [-0.2, 0) is 14.8 Å². The largest absolute Gasteiger partial charge is 0.494 e. The molecule has 7 nitrogen and oxygen atoms in total. The van der Waals surface area contributed by atoms with Crippen molar-refractivity contribution in [1.82, 2.24) is 0 Å². The van der Waals surface area contributed by atoms with E-state index in [1.807, 2.05) is 6.92 Å². The van der Waals surface area contributed by atoms with Gasteiger partial charge in [-0.2, -0.15) is 0 Å². The normalized spacial score (nSPS) is 10.9. The summed E-state index contributed by atoms with van der Waals surface area (Å²) in [6.07, 6.45) is 0. The minimum Gasteiger partial charge on any atom is -0.494 e. The van der Waals surface area contributed by atoms with E-state index < -0.39 is 21.7 Å². The van der Waals surface area contributed by atoms with Crippen molar-refractivity contribution in [2.45, 2.75) is 11.8 Å². The van der Waals surface area contributed by atoms with Gasteiger partial charge in [-0.3, -0.25) is 9.52 Å². The highest BCUT2D eigenvalue weighted by atomic mass is 32.2. The number of sulfonamides is 1. The Morgan fingerprint density at radius 2 is 1.55 bits per heavy atom. The van der Waals surface area contributed by atoms with Crippen LogP contribution in [0, 0.1) is 5.82 Å².